The number of thiophene rings is 1. The summed E-state index contributed by atoms with van der Waals surface area (Å²) in [6.07, 6.45) is 5.04. The SMILES string of the molecule is C#CCOC(=O)c1c(N)sc(C(=O)N(CC)CC)c1C. The Bertz CT molecular complexity index is 554. The van der Waals surface area contributed by atoms with E-state index in [1.54, 1.807) is 11.8 Å². The number of rotatable bonds is 5. The second-order valence-electron chi connectivity index (χ2n) is 4.05. The molecule has 0 unspecified atom stereocenters. The van der Waals surface area contributed by atoms with Crippen LogP contribution in [-0.2, 0) is 4.74 Å². The van der Waals surface area contributed by atoms with E-state index in [4.69, 9.17) is 16.9 Å². The number of hydrogen-bond acceptors (Lipinski definition) is 5. The topological polar surface area (TPSA) is 72.6 Å². The van der Waals surface area contributed by atoms with Gasteiger partial charge in [-0.1, -0.05) is 5.92 Å². The summed E-state index contributed by atoms with van der Waals surface area (Å²) >= 11 is 1.10. The van der Waals surface area contributed by atoms with Crippen molar-refractivity contribution in [3.63, 3.8) is 0 Å². The highest BCUT2D eigenvalue weighted by Gasteiger charge is 2.26. The molecule has 2 N–H and O–H groups in total. The highest BCUT2D eigenvalue weighted by Crippen LogP contribution is 2.32. The van der Waals surface area contributed by atoms with Crippen molar-refractivity contribution in [3.8, 4) is 12.3 Å². The van der Waals surface area contributed by atoms with Gasteiger partial charge in [0.1, 0.15) is 5.00 Å². The fourth-order valence-corrected chi connectivity index (χ4v) is 2.86. The summed E-state index contributed by atoms with van der Waals surface area (Å²) in [4.78, 5) is 26.3. The van der Waals surface area contributed by atoms with Gasteiger partial charge in [0.25, 0.3) is 5.91 Å². The molecule has 108 valence electrons. The van der Waals surface area contributed by atoms with E-state index in [-0.39, 0.29) is 23.1 Å². The molecule has 0 saturated heterocycles. The van der Waals surface area contributed by atoms with Crippen LogP contribution in [0.1, 0.15) is 39.4 Å². The molecule has 0 atom stereocenters. The predicted molar refractivity (Wildman–Crippen MR) is 79.8 cm³/mol. The summed E-state index contributed by atoms with van der Waals surface area (Å²) in [5.41, 5.74) is 6.62. The molecule has 0 radical (unpaired) electrons. The Kier molecular flexibility index (Phi) is 5.59. The van der Waals surface area contributed by atoms with Crippen LogP contribution in [0.25, 0.3) is 0 Å². The van der Waals surface area contributed by atoms with Crippen LogP contribution < -0.4 is 5.73 Å². The molecular formula is C14H18N2O3S. The lowest BCUT2D eigenvalue weighted by atomic mass is 10.1. The highest BCUT2D eigenvalue weighted by atomic mass is 32.1. The molecular weight excluding hydrogens is 276 g/mol. The number of nitrogens with two attached hydrogens (primary N) is 1. The summed E-state index contributed by atoms with van der Waals surface area (Å²) in [6, 6.07) is 0. The lowest BCUT2D eigenvalue weighted by Crippen LogP contribution is -2.30. The fraction of sp³-hybridized carbons (Fsp3) is 0.429. The number of carbonyl (C=O) groups excluding carboxylic acids is 2. The quantitative estimate of drug-likeness (QED) is 0.665. The van der Waals surface area contributed by atoms with Gasteiger partial charge in [-0.15, -0.1) is 17.8 Å². The standard InChI is InChI=1S/C14H18N2O3S/c1-5-8-19-14(18)10-9(4)11(20-12(10)15)13(17)16(6-2)7-3/h1H,6-8,15H2,2-4H3. The molecule has 0 aromatic carbocycles. The third kappa shape index (κ3) is 3.11. The zero-order chi connectivity index (χ0) is 15.3. The van der Waals surface area contributed by atoms with Gasteiger partial charge < -0.3 is 15.4 Å². The van der Waals surface area contributed by atoms with Crippen molar-refractivity contribution in [2.24, 2.45) is 0 Å². The van der Waals surface area contributed by atoms with Gasteiger partial charge in [-0.05, 0) is 26.3 Å². The van der Waals surface area contributed by atoms with Gasteiger partial charge in [0.05, 0.1) is 10.4 Å². The molecule has 5 nitrogen and oxygen atoms in total. The maximum atomic E-state index is 12.3. The number of carbonyl (C=O) groups is 2. The summed E-state index contributed by atoms with van der Waals surface area (Å²) < 4.78 is 4.87. The second kappa shape index (κ2) is 6.96. The first-order valence-corrected chi connectivity index (χ1v) is 7.08. The van der Waals surface area contributed by atoms with Gasteiger partial charge in [0.15, 0.2) is 6.61 Å². The van der Waals surface area contributed by atoms with Crippen molar-refractivity contribution in [3.05, 3.63) is 16.0 Å². The normalized spacial score (nSPS) is 9.90. The van der Waals surface area contributed by atoms with Gasteiger partial charge in [0, 0.05) is 13.1 Å². The monoisotopic (exact) mass is 294 g/mol. The van der Waals surface area contributed by atoms with Crippen molar-refractivity contribution in [2.75, 3.05) is 25.4 Å². The summed E-state index contributed by atoms with van der Waals surface area (Å²) in [5, 5.41) is 0.278. The van der Waals surface area contributed by atoms with Crippen LogP contribution in [0.15, 0.2) is 0 Å². The Balaban J connectivity index is 3.12. The third-order valence-electron chi connectivity index (χ3n) is 2.91. The van der Waals surface area contributed by atoms with Crippen LogP contribution >= 0.6 is 11.3 Å². The molecule has 0 bridgehead atoms. The number of terminal acetylenes is 1. The van der Waals surface area contributed by atoms with E-state index in [0.717, 1.165) is 11.3 Å². The molecule has 0 spiro atoms. The van der Waals surface area contributed by atoms with Crippen molar-refractivity contribution in [2.45, 2.75) is 20.8 Å². The second-order valence-corrected chi connectivity index (χ2v) is 5.11. The number of ether oxygens (including phenoxy) is 1. The van der Waals surface area contributed by atoms with E-state index in [2.05, 4.69) is 5.92 Å². The average molecular weight is 294 g/mol. The third-order valence-corrected chi connectivity index (χ3v) is 4.02. The van der Waals surface area contributed by atoms with Crippen molar-refractivity contribution >= 4 is 28.2 Å². The highest BCUT2D eigenvalue weighted by molar-refractivity contribution is 7.18. The molecule has 0 aliphatic heterocycles. The van der Waals surface area contributed by atoms with Gasteiger partial charge in [-0.2, -0.15) is 0 Å². The van der Waals surface area contributed by atoms with Gasteiger partial charge in [-0.3, -0.25) is 4.79 Å². The lowest BCUT2D eigenvalue weighted by molar-refractivity contribution is 0.0557. The van der Waals surface area contributed by atoms with Crippen LogP contribution in [0.4, 0.5) is 5.00 Å². The zero-order valence-electron chi connectivity index (χ0n) is 11.9. The molecule has 1 aromatic heterocycles. The first-order valence-electron chi connectivity index (χ1n) is 6.26. The van der Waals surface area contributed by atoms with Crippen LogP contribution in [0.5, 0.6) is 0 Å². The Labute approximate surface area is 122 Å². The Morgan fingerprint density at radius 3 is 2.50 bits per heavy atom. The molecule has 1 amide bonds. The average Bonchev–Trinajstić information content (AvgIpc) is 2.72. The summed E-state index contributed by atoms with van der Waals surface area (Å²) in [7, 11) is 0. The van der Waals surface area contributed by atoms with Gasteiger partial charge in [-0.25, -0.2) is 4.79 Å². The number of esters is 1. The van der Waals surface area contributed by atoms with Gasteiger partial charge in [0.2, 0.25) is 0 Å². The van der Waals surface area contributed by atoms with Crippen LogP contribution in [0.2, 0.25) is 0 Å². The number of nitrogen functional groups attached to an aromatic ring is 1. The lowest BCUT2D eigenvalue weighted by Gasteiger charge is -2.17. The molecule has 0 saturated carbocycles. The number of amides is 1. The molecule has 0 aliphatic rings. The smallest absolute Gasteiger partial charge is 0.342 e. The molecule has 20 heavy (non-hydrogen) atoms. The van der Waals surface area contributed by atoms with E-state index in [1.165, 1.54) is 0 Å². The maximum absolute atomic E-state index is 12.3. The minimum Gasteiger partial charge on any atom is -0.449 e. The van der Waals surface area contributed by atoms with Crippen LogP contribution in [0.3, 0.4) is 0 Å². The number of anilines is 1. The molecule has 1 rings (SSSR count). The zero-order valence-corrected chi connectivity index (χ0v) is 12.7. The summed E-state index contributed by atoms with van der Waals surface area (Å²) in [5.74, 6) is 1.50. The first kappa shape index (κ1) is 16.1. The Hall–Kier alpha value is -2.00. The molecule has 1 aromatic rings. The van der Waals surface area contributed by atoms with Crippen molar-refractivity contribution in [1.82, 2.24) is 4.90 Å². The fourth-order valence-electron chi connectivity index (χ4n) is 1.83. The molecule has 1 heterocycles. The van der Waals surface area contributed by atoms with E-state index in [0.29, 0.717) is 23.5 Å². The van der Waals surface area contributed by atoms with E-state index >= 15 is 0 Å². The van der Waals surface area contributed by atoms with E-state index < -0.39 is 5.97 Å². The first-order chi connectivity index (χ1) is 9.47. The van der Waals surface area contributed by atoms with E-state index in [9.17, 15) is 9.59 Å². The maximum Gasteiger partial charge on any atom is 0.342 e. The summed E-state index contributed by atoms with van der Waals surface area (Å²) in [6.45, 7) is 6.57. The van der Waals surface area contributed by atoms with Crippen molar-refractivity contribution < 1.29 is 14.3 Å². The largest absolute Gasteiger partial charge is 0.449 e. The minimum absolute atomic E-state index is 0.118. The predicted octanol–water partition coefficient (Wildman–Crippen LogP) is 1.91. The Morgan fingerprint density at radius 1 is 1.40 bits per heavy atom. The van der Waals surface area contributed by atoms with Crippen LogP contribution in [0, 0.1) is 19.3 Å². The van der Waals surface area contributed by atoms with E-state index in [1.807, 2.05) is 13.8 Å². The minimum atomic E-state index is -0.590. The molecule has 0 fully saturated rings. The number of nitrogens with zero attached hydrogens (tertiary/aromatic N) is 1. The van der Waals surface area contributed by atoms with Gasteiger partial charge >= 0.3 is 5.97 Å². The van der Waals surface area contributed by atoms with Crippen LogP contribution in [-0.4, -0.2) is 36.5 Å². The Morgan fingerprint density at radius 2 is 2.00 bits per heavy atom. The molecule has 6 heteroatoms. The molecule has 0 aliphatic carbocycles. The number of hydrogen-bond donors (Lipinski definition) is 1. The van der Waals surface area contributed by atoms with Crippen molar-refractivity contribution in [1.29, 1.82) is 0 Å².